The summed E-state index contributed by atoms with van der Waals surface area (Å²) in [6.45, 7) is 2.19. The molecule has 0 aliphatic carbocycles. The van der Waals surface area contributed by atoms with Gasteiger partial charge in [-0.15, -0.1) is 0 Å². The van der Waals surface area contributed by atoms with E-state index in [1.165, 1.54) is 12.0 Å². The summed E-state index contributed by atoms with van der Waals surface area (Å²) in [4.78, 5) is 3.91. The molecular formula is C11H13N3. The first-order chi connectivity index (χ1) is 6.90. The number of hydrogen-bond acceptors (Lipinski definition) is 2. The maximum Gasteiger partial charge on any atom is 0.138 e. The maximum absolute atomic E-state index is 4.07. The van der Waals surface area contributed by atoms with Crippen molar-refractivity contribution in [3.05, 3.63) is 42.5 Å². The highest BCUT2D eigenvalue weighted by atomic mass is 15.3. The van der Waals surface area contributed by atoms with Gasteiger partial charge in [0.05, 0.1) is 5.69 Å². The highest BCUT2D eigenvalue weighted by Crippen LogP contribution is 2.09. The zero-order chi connectivity index (χ0) is 9.80. The Morgan fingerprint density at radius 3 is 2.57 bits per heavy atom. The van der Waals surface area contributed by atoms with Crippen molar-refractivity contribution in [2.24, 2.45) is 0 Å². The van der Waals surface area contributed by atoms with Gasteiger partial charge in [-0.1, -0.05) is 25.5 Å². The van der Waals surface area contributed by atoms with Gasteiger partial charge in [0.1, 0.15) is 12.7 Å². The van der Waals surface area contributed by atoms with Gasteiger partial charge in [-0.25, -0.2) is 9.67 Å². The summed E-state index contributed by atoms with van der Waals surface area (Å²) in [6.07, 6.45) is 5.56. The van der Waals surface area contributed by atoms with Crippen LogP contribution in [0.2, 0.25) is 0 Å². The van der Waals surface area contributed by atoms with Crippen molar-refractivity contribution in [2.45, 2.75) is 19.8 Å². The van der Waals surface area contributed by atoms with Gasteiger partial charge in [-0.05, 0) is 24.1 Å². The van der Waals surface area contributed by atoms with E-state index in [4.69, 9.17) is 0 Å². The van der Waals surface area contributed by atoms with Crippen LogP contribution in [-0.4, -0.2) is 14.8 Å². The van der Waals surface area contributed by atoms with E-state index in [-0.39, 0.29) is 0 Å². The second kappa shape index (κ2) is 4.05. The molecule has 1 aromatic carbocycles. The number of benzene rings is 1. The molecule has 0 spiro atoms. The minimum atomic E-state index is 1.06. The van der Waals surface area contributed by atoms with Crippen LogP contribution < -0.4 is 0 Å². The van der Waals surface area contributed by atoms with Gasteiger partial charge in [0.2, 0.25) is 0 Å². The summed E-state index contributed by atoms with van der Waals surface area (Å²) in [6, 6.07) is 8.42. The summed E-state index contributed by atoms with van der Waals surface area (Å²) < 4.78 is 1.76. The van der Waals surface area contributed by atoms with E-state index in [1.54, 1.807) is 17.3 Å². The van der Waals surface area contributed by atoms with E-state index in [0.717, 1.165) is 12.1 Å². The summed E-state index contributed by atoms with van der Waals surface area (Å²) >= 11 is 0. The molecule has 0 bridgehead atoms. The molecule has 1 aromatic heterocycles. The number of aromatic nitrogens is 3. The number of hydrogen-bond donors (Lipinski definition) is 0. The molecule has 0 aliphatic rings. The Labute approximate surface area is 83.4 Å². The lowest BCUT2D eigenvalue weighted by Gasteiger charge is -2.02. The van der Waals surface area contributed by atoms with Crippen LogP contribution in [0.4, 0.5) is 0 Å². The quantitative estimate of drug-likeness (QED) is 0.737. The lowest BCUT2D eigenvalue weighted by atomic mass is 10.1. The molecule has 0 fully saturated rings. The molecule has 3 heteroatoms. The Morgan fingerprint density at radius 1 is 1.21 bits per heavy atom. The van der Waals surface area contributed by atoms with Crippen LogP contribution in [-0.2, 0) is 6.42 Å². The predicted octanol–water partition coefficient (Wildman–Crippen LogP) is 2.22. The molecule has 0 radical (unpaired) electrons. The predicted molar refractivity (Wildman–Crippen MR) is 55.4 cm³/mol. The molecular weight excluding hydrogens is 174 g/mol. The molecule has 14 heavy (non-hydrogen) atoms. The largest absolute Gasteiger partial charge is 0.223 e. The highest BCUT2D eigenvalue weighted by molar-refractivity contribution is 5.33. The van der Waals surface area contributed by atoms with Gasteiger partial charge in [-0.2, -0.15) is 5.10 Å². The Morgan fingerprint density at radius 2 is 2.00 bits per heavy atom. The molecule has 0 saturated heterocycles. The summed E-state index contributed by atoms with van der Waals surface area (Å²) in [5, 5.41) is 4.07. The first kappa shape index (κ1) is 8.94. The van der Waals surface area contributed by atoms with Crippen molar-refractivity contribution in [3.63, 3.8) is 0 Å². The molecule has 0 atom stereocenters. The van der Waals surface area contributed by atoms with E-state index in [0.29, 0.717) is 0 Å². The van der Waals surface area contributed by atoms with Gasteiger partial charge in [0.25, 0.3) is 0 Å². The fourth-order valence-electron chi connectivity index (χ4n) is 1.45. The van der Waals surface area contributed by atoms with Gasteiger partial charge < -0.3 is 0 Å². The minimum absolute atomic E-state index is 1.06. The molecule has 1 heterocycles. The average molecular weight is 187 g/mol. The van der Waals surface area contributed by atoms with Crippen LogP contribution in [0.25, 0.3) is 5.69 Å². The zero-order valence-electron chi connectivity index (χ0n) is 8.22. The van der Waals surface area contributed by atoms with Crippen LogP contribution in [0.1, 0.15) is 18.9 Å². The number of aryl methyl sites for hydroxylation is 1. The fourth-order valence-corrected chi connectivity index (χ4v) is 1.45. The standard InChI is InChI=1S/C11H13N3/c1-2-3-10-4-6-11(7-5-10)14-9-12-8-13-14/h4-9H,2-3H2,1H3. The smallest absolute Gasteiger partial charge is 0.138 e. The third-order valence-corrected chi connectivity index (χ3v) is 2.16. The number of nitrogens with zero attached hydrogens (tertiary/aromatic N) is 3. The molecule has 2 rings (SSSR count). The highest BCUT2D eigenvalue weighted by Gasteiger charge is 1.96. The van der Waals surface area contributed by atoms with E-state index in [9.17, 15) is 0 Å². The van der Waals surface area contributed by atoms with Gasteiger partial charge in [0.15, 0.2) is 0 Å². The molecule has 0 unspecified atom stereocenters. The topological polar surface area (TPSA) is 30.7 Å². The van der Waals surface area contributed by atoms with Crippen molar-refractivity contribution in [3.8, 4) is 5.69 Å². The van der Waals surface area contributed by atoms with E-state index in [2.05, 4.69) is 41.3 Å². The van der Waals surface area contributed by atoms with Crippen LogP contribution >= 0.6 is 0 Å². The Balaban J connectivity index is 2.22. The fraction of sp³-hybridized carbons (Fsp3) is 0.273. The molecule has 0 amide bonds. The van der Waals surface area contributed by atoms with E-state index < -0.39 is 0 Å². The first-order valence-corrected chi connectivity index (χ1v) is 4.84. The molecule has 3 nitrogen and oxygen atoms in total. The lowest BCUT2D eigenvalue weighted by molar-refractivity contribution is 0.873. The second-order valence-electron chi connectivity index (χ2n) is 3.26. The van der Waals surface area contributed by atoms with Gasteiger partial charge in [-0.3, -0.25) is 0 Å². The average Bonchev–Trinajstić information content (AvgIpc) is 2.72. The van der Waals surface area contributed by atoms with Crippen molar-refractivity contribution in [1.29, 1.82) is 0 Å². The Kier molecular flexibility index (Phi) is 2.58. The lowest BCUT2D eigenvalue weighted by Crippen LogP contribution is -1.94. The summed E-state index contributed by atoms with van der Waals surface area (Å²) in [5.74, 6) is 0. The summed E-state index contributed by atoms with van der Waals surface area (Å²) in [7, 11) is 0. The SMILES string of the molecule is CCCc1ccc(-n2cncn2)cc1. The second-order valence-corrected chi connectivity index (χ2v) is 3.26. The Bertz CT molecular complexity index is 375. The first-order valence-electron chi connectivity index (χ1n) is 4.84. The van der Waals surface area contributed by atoms with Gasteiger partial charge >= 0.3 is 0 Å². The molecule has 2 aromatic rings. The molecule has 0 saturated carbocycles. The van der Waals surface area contributed by atoms with Crippen molar-refractivity contribution >= 4 is 0 Å². The van der Waals surface area contributed by atoms with Gasteiger partial charge in [0, 0.05) is 0 Å². The minimum Gasteiger partial charge on any atom is -0.223 e. The third kappa shape index (κ3) is 1.82. The van der Waals surface area contributed by atoms with Crippen molar-refractivity contribution < 1.29 is 0 Å². The van der Waals surface area contributed by atoms with Crippen molar-refractivity contribution in [1.82, 2.24) is 14.8 Å². The van der Waals surface area contributed by atoms with E-state index in [1.807, 2.05) is 0 Å². The molecule has 0 aliphatic heterocycles. The van der Waals surface area contributed by atoms with Crippen LogP contribution in [0.15, 0.2) is 36.9 Å². The monoisotopic (exact) mass is 187 g/mol. The number of rotatable bonds is 3. The van der Waals surface area contributed by atoms with Crippen LogP contribution in [0.3, 0.4) is 0 Å². The third-order valence-electron chi connectivity index (χ3n) is 2.16. The van der Waals surface area contributed by atoms with Crippen LogP contribution in [0, 0.1) is 0 Å². The maximum atomic E-state index is 4.07. The van der Waals surface area contributed by atoms with Crippen molar-refractivity contribution in [2.75, 3.05) is 0 Å². The summed E-state index contributed by atoms with van der Waals surface area (Å²) in [5.41, 5.74) is 2.43. The zero-order valence-corrected chi connectivity index (χ0v) is 8.22. The molecule has 0 N–H and O–H groups in total. The normalized spacial score (nSPS) is 10.4. The Hall–Kier alpha value is -1.64. The molecule has 72 valence electrons. The van der Waals surface area contributed by atoms with E-state index >= 15 is 0 Å². The van der Waals surface area contributed by atoms with Crippen LogP contribution in [0.5, 0.6) is 0 Å².